The van der Waals surface area contributed by atoms with Crippen LogP contribution in [0.25, 0.3) is 10.9 Å². The van der Waals surface area contributed by atoms with E-state index in [2.05, 4.69) is 15.0 Å². The van der Waals surface area contributed by atoms with Gasteiger partial charge in [-0.1, -0.05) is 0 Å². The first kappa shape index (κ1) is 20.2. The number of nitrogens with zero attached hydrogens (tertiary/aromatic N) is 1. The van der Waals surface area contributed by atoms with E-state index in [9.17, 15) is 17.6 Å². The van der Waals surface area contributed by atoms with Crippen LogP contribution in [0.3, 0.4) is 0 Å². The molecule has 1 amide bonds. The Morgan fingerprint density at radius 2 is 1.93 bits per heavy atom. The Hall–Kier alpha value is -3.04. The fourth-order valence-electron chi connectivity index (χ4n) is 3.10. The number of benzene rings is 2. The van der Waals surface area contributed by atoms with E-state index in [1.165, 1.54) is 37.4 Å². The molecule has 0 unspecified atom stereocenters. The van der Waals surface area contributed by atoms with E-state index in [0.29, 0.717) is 27.9 Å². The summed E-state index contributed by atoms with van der Waals surface area (Å²) >= 11 is 0. The third-order valence-electron chi connectivity index (χ3n) is 4.84. The molecule has 4 rings (SSSR count). The summed E-state index contributed by atoms with van der Waals surface area (Å²) in [5, 5.41) is 3.32. The maximum absolute atomic E-state index is 13.4. The Kier molecular flexibility index (Phi) is 5.17. The molecular weight excluding hydrogens is 409 g/mol. The van der Waals surface area contributed by atoms with Crippen molar-refractivity contribution in [2.45, 2.75) is 30.7 Å². The highest BCUT2D eigenvalue weighted by Gasteiger charge is 2.28. The van der Waals surface area contributed by atoms with Crippen LogP contribution in [-0.2, 0) is 10.0 Å². The highest BCUT2D eigenvalue weighted by molar-refractivity contribution is 7.89. The number of pyridine rings is 1. The van der Waals surface area contributed by atoms with E-state index in [4.69, 9.17) is 4.74 Å². The molecule has 0 aliphatic heterocycles. The molecular formula is C21H20FN3O4S. The lowest BCUT2D eigenvalue weighted by atomic mass is 10.1. The SMILES string of the molecule is COc1ccc(S(=O)(=O)NC2CC2)cc1NC(=O)c1cc2ccc(F)cc2nc1C. The lowest BCUT2D eigenvalue weighted by Gasteiger charge is -2.14. The van der Waals surface area contributed by atoms with Crippen molar-refractivity contribution in [3.63, 3.8) is 0 Å². The molecule has 7 nitrogen and oxygen atoms in total. The van der Waals surface area contributed by atoms with Crippen LogP contribution in [0.15, 0.2) is 47.4 Å². The normalized spacial score (nSPS) is 14.0. The van der Waals surface area contributed by atoms with Crippen LogP contribution in [-0.4, -0.2) is 32.5 Å². The van der Waals surface area contributed by atoms with Gasteiger partial charge in [0.2, 0.25) is 10.0 Å². The zero-order valence-corrected chi connectivity index (χ0v) is 17.2. The maximum Gasteiger partial charge on any atom is 0.257 e. The van der Waals surface area contributed by atoms with Crippen molar-refractivity contribution in [1.82, 2.24) is 9.71 Å². The van der Waals surface area contributed by atoms with Crippen LogP contribution >= 0.6 is 0 Å². The molecule has 2 N–H and O–H groups in total. The number of aryl methyl sites for hydroxylation is 1. The van der Waals surface area contributed by atoms with Crippen molar-refractivity contribution >= 4 is 32.5 Å². The summed E-state index contributed by atoms with van der Waals surface area (Å²) in [6, 6.07) is 10.0. The number of carbonyl (C=O) groups excluding carboxylic acids is 1. The summed E-state index contributed by atoms with van der Waals surface area (Å²) < 4.78 is 46.3. The number of rotatable bonds is 6. The zero-order chi connectivity index (χ0) is 21.5. The lowest BCUT2D eigenvalue weighted by molar-refractivity contribution is 0.102. The van der Waals surface area contributed by atoms with E-state index < -0.39 is 21.7 Å². The van der Waals surface area contributed by atoms with Crippen molar-refractivity contribution < 1.29 is 22.3 Å². The number of hydrogen-bond acceptors (Lipinski definition) is 5. The van der Waals surface area contributed by atoms with Crippen molar-refractivity contribution in [3.8, 4) is 5.75 Å². The average Bonchev–Trinajstić information content (AvgIpc) is 3.50. The van der Waals surface area contributed by atoms with E-state index in [1.54, 1.807) is 19.1 Å². The van der Waals surface area contributed by atoms with E-state index >= 15 is 0 Å². The number of methoxy groups -OCH3 is 1. The molecule has 0 bridgehead atoms. The second kappa shape index (κ2) is 7.66. The summed E-state index contributed by atoms with van der Waals surface area (Å²) in [5.41, 5.74) is 1.38. The summed E-state index contributed by atoms with van der Waals surface area (Å²) in [6.07, 6.45) is 1.63. The highest BCUT2D eigenvalue weighted by atomic mass is 32.2. The Morgan fingerprint density at radius 1 is 1.17 bits per heavy atom. The van der Waals surface area contributed by atoms with Crippen molar-refractivity contribution in [2.24, 2.45) is 0 Å². The van der Waals surface area contributed by atoms with Gasteiger partial charge in [0.05, 0.1) is 34.5 Å². The number of carbonyl (C=O) groups is 1. The van der Waals surface area contributed by atoms with Crippen LogP contribution in [0, 0.1) is 12.7 Å². The average molecular weight is 429 g/mol. The summed E-state index contributed by atoms with van der Waals surface area (Å²) in [7, 11) is -2.26. The number of amides is 1. The number of halogens is 1. The molecule has 1 aliphatic rings. The molecule has 1 fully saturated rings. The van der Waals surface area contributed by atoms with E-state index in [-0.39, 0.29) is 16.6 Å². The Morgan fingerprint density at radius 3 is 2.63 bits per heavy atom. The van der Waals surface area contributed by atoms with Crippen LogP contribution in [0.1, 0.15) is 28.9 Å². The summed E-state index contributed by atoms with van der Waals surface area (Å²) in [6.45, 7) is 1.65. The van der Waals surface area contributed by atoms with Crippen molar-refractivity contribution in [3.05, 3.63) is 59.5 Å². The van der Waals surface area contributed by atoms with Gasteiger partial charge in [-0.05, 0) is 56.2 Å². The number of fused-ring (bicyclic) bond motifs is 1. The molecule has 9 heteroatoms. The molecule has 1 aliphatic carbocycles. The fourth-order valence-corrected chi connectivity index (χ4v) is 4.43. The maximum atomic E-state index is 13.4. The minimum absolute atomic E-state index is 0.0358. The monoisotopic (exact) mass is 429 g/mol. The van der Waals surface area contributed by atoms with Crippen LogP contribution < -0.4 is 14.8 Å². The van der Waals surface area contributed by atoms with Crippen LogP contribution in [0.4, 0.5) is 10.1 Å². The second-order valence-electron chi connectivity index (χ2n) is 7.17. The minimum Gasteiger partial charge on any atom is -0.495 e. The van der Waals surface area contributed by atoms with Crippen molar-refractivity contribution in [1.29, 1.82) is 0 Å². The molecule has 1 heterocycles. The van der Waals surface area contributed by atoms with Gasteiger partial charge in [-0.3, -0.25) is 9.78 Å². The number of ether oxygens (including phenoxy) is 1. The van der Waals surface area contributed by atoms with Gasteiger partial charge in [-0.2, -0.15) is 0 Å². The highest BCUT2D eigenvalue weighted by Crippen LogP contribution is 2.30. The van der Waals surface area contributed by atoms with Crippen LogP contribution in [0.2, 0.25) is 0 Å². The number of hydrogen-bond donors (Lipinski definition) is 2. The van der Waals surface area contributed by atoms with E-state index in [1.807, 2.05) is 0 Å². The number of aromatic nitrogens is 1. The first-order chi connectivity index (χ1) is 14.3. The first-order valence-electron chi connectivity index (χ1n) is 9.35. The van der Waals surface area contributed by atoms with Gasteiger partial charge < -0.3 is 10.1 Å². The molecule has 0 saturated heterocycles. The molecule has 1 aromatic heterocycles. The molecule has 156 valence electrons. The topological polar surface area (TPSA) is 97.4 Å². The molecule has 1 saturated carbocycles. The van der Waals surface area contributed by atoms with Gasteiger partial charge >= 0.3 is 0 Å². The van der Waals surface area contributed by atoms with Crippen molar-refractivity contribution in [2.75, 3.05) is 12.4 Å². The minimum atomic E-state index is -3.69. The third-order valence-corrected chi connectivity index (χ3v) is 6.36. The lowest BCUT2D eigenvalue weighted by Crippen LogP contribution is -2.26. The number of nitrogens with one attached hydrogen (secondary N) is 2. The quantitative estimate of drug-likeness (QED) is 0.626. The molecule has 3 aromatic rings. The number of sulfonamides is 1. The first-order valence-corrected chi connectivity index (χ1v) is 10.8. The van der Waals surface area contributed by atoms with Gasteiger partial charge in [-0.15, -0.1) is 0 Å². The van der Waals surface area contributed by atoms with Crippen LogP contribution in [0.5, 0.6) is 5.75 Å². The predicted molar refractivity (Wildman–Crippen MR) is 111 cm³/mol. The zero-order valence-electron chi connectivity index (χ0n) is 16.4. The van der Waals surface area contributed by atoms with Gasteiger partial charge in [0.1, 0.15) is 11.6 Å². The Bertz CT molecular complexity index is 1260. The summed E-state index contributed by atoms with van der Waals surface area (Å²) in [5.74, 6) is -0.564. The Balaban J connectivity index is 1.67. The van der Waals surface area contributed by atoms with Gasteiger partial charge in [0, 0.05) is 17.5 Å². The van der Waals surface area contributed by atoms with E-state index in [0.717, 1.165) is 12.8 Å². The Labute approximate surface area is 173 Å². The molecule has 2 aromatic carbocycles. The molecule has 30 heavy (non-hydrogen) atoms. The smallest absolute Gasteiger partial charge is 0.257 e. The van der Waals surface area contributed by atoms with Gasteiger partial charge in [0.15, 0.2) is 0 Å². The molecule has 0 radical (unpaired) electrons. The third kappa shape index (κ3) is 4.12. The standard InChI is InChI=1S/C21H20FN3O4S/c1-12-17(9-13-3-4-14(22)10-18(13)23-12)21(26)24-19-11-16(7-8-20(19)29-2)30(27,28)25-15-5-6-15/h3-4,7-11,15,25H,5-6H2,1-2H3,(H,24,26). The molecule has 0 spiro atoms. The van der Waals surface area contributed by atoms with Gasteiger partial charge in [-0.25, -0.2) is 17.5 Å². The number of anilines is 1. The summed E-state index contributed by atoms with van der Waals surface area (Å²) in [4.78, 5) is 17.3. The predicted octanol–water partition coefficient (Wildman–Crippen LogP) is 3.38. The van der Waals surface area contributed by atoms with Gasteiger partial charge in [0.25, 0.3) is 5.91 Å². The fraction of sp³-hybridized carbons (Fsp3) is 0.238. The largest absolute Gasteiger partial charge is 0.495 e. The molecule has 0 atom stereocenters. The second-order valence-corrected chi connectivity index (χ2v) is 8.88.